The second-order valence-corrected chi connectivity index (χ2v) is 4.36. The molecule has 2 nitrogen and oxygen atoms in total. The van der Waals surface area contributed by atoms with Gasteiger partial charge in [0.05, 0.1) is 0 Å². The van der Waals surface area contributed by atoms with Crippen molar-refractivity contribution in [3.63, 3.8) is 0 Å². The van der Waals surface area contributed by atoms with Gasteiger partial charge in [0.15, 0.2) is 0 Å². The molecule has 1 heterocycles. The van der Waals surface area contributed by atoms with Gasteiger partial charge in [0, 0.05) is 0 Å². The topological polar surface area (TPSA) is 36.7 Å². The first kappa shape index (κ1) is 9.68. The second kappa shape index (κ2) is 4.01. The van der Waals surface area contributed by atoms with Gasteiger partial charge in [-0.05, 0) is 0 Å². The molecule has 0 aliphatic rings. The first-order chi connectivity index (χ1) is 5.69. The number of aromatic nitrogens is 1. The summed E-state index contributed by atoms with van der Waals surface area (Å²) < 4.78 is 13.4. The second-order valence-electron chi connectivity index (χ2n) is 1.90. The average molecular weight is 297 g/mol. The first-order valence-electron chi connectivity index (χ1n) is 2.94. The molecule has 0 unspecified atom stereocenters. The number of pyridine rings is 1. The minimum atomic E-state index is -0.630. The van der Waals surface area contributed by atoms with Crippen molar-refractivity contribution in [3.8, 4) is 6.07 Å². The molecular formula is C7H4ClFIN2-. The molecule has 0 radical (unpaired) electrons. The Hall–Kier alpha value is -0.410. The van der Waals surface area contributed by atoms with Crippen LogP contribution in [-0.4, -0.2) is 9.91 Å². The molecular weight excluding hydrogens is 293 g/mol. The third kappa shape index (κ3) is 1.84. The fourth-order valence-corrected chi connectivity index (χ4v) is 2.29. The molecule has 0 N–H and O–H groups in total. The van der Waals surface area contributed by atoms with Gasteiger partial charge in [-0.15, -0.1) is 0 Å². The number of nitriles is 1. The minimum absolute atomic E-state index is 0.148. The Morgan fingerprint density at radius 3 is 2.92 bits per heavy atom. The van der Waals surface area contributed by atoms with E-state index in [0.717, 1.165) is 6.07 Å². The van der Waals surface area contributed by atoms with Crippen molar-refractivity contribution >= 4 is 11.6 Å². The monoisotopic (exact) mass is 297 g/mol. The maximum atomic E-state index is 12.7. The summed E-state index contributed by atoms with van der Waals surface area (Å²) in [5.41, 5.74) is 0.298. The first-order valence-corrected chi connectivity index (χ1v) is 6.56. The summed E-state index contributed by atoms with van der Waals surface area (Å²) in [5.74, 6) is -0.630. The van der Waals surface area contributed by atoms with E-state index in [-0.39, 0.29) is 26.4 Å². The fraction of sp³-hybridized carbons (Fsp3) is 0.143. The molecule has 0 saturated carbocycles. The SMILES string of the molecule is C[I-]c1nc(Cl)c(F)cc1C#N. The van der Waals surface area contributed by atoms with Gasteiger partial charge in [-0.3, -0.25) is 0 Å². The summed E-state index contributed by atoms with van der Waals surface area (Å²) in [6, 6.07) is 3.01. The van der Waals surface area contributed by atoms with Crippen LogP contribution in [-0.2, 0) is 0 Å². The molecule has 0 aliphatic heterocycles. The van der Waals surface area contributed by atoms with Crippen molar-refractivity contribution in [2.75, 3.05) is 4.93 Å². The summed E-state index contributed by atoms with van der Waals surface area (Å²) in [6.07, 6.45) is 0. The third-order valence-corrected chi connectivity index (χ3v) is 3.30. The van der Waals surface area contributed by atoms with Crippen molar-refractivity contribution in [2.45, 2.75) is 0 Å². The molecule has 0 fully saturated rings. The van der Waals surface area contributed by atoms with Gasteiger partial charge in [0.1, 0.15) is 0 Å². The van der Waals surface area contributed by atoms with Crippen molar-refractivity contribution in [3.05, 3.63) is 26.3 Å². The number of hydrogen-bond acceptors (Lipinski definition) is 2. The Morgan fingerprint density at radius 1 is 1.75 bits per heavy atom. The fourth-order valence-electron chi connectivity index (χ4n) is 0.668. The zero-order valence-electron chi connectivity index (χ0n) is 6.11. The van der Waals surface area contributed by atoms with E-state index in [0.29, 0.717) is 9.26 Å². The van der Waals surface area contributed by atoms with Gasteiger partial charge in [0.2, 0.25) is 0 Å². The number of alkyl halides is 1. The molecule has 0 bridgehead atoms. The molecule has 1 rings (SSSR count). The molecule has 0 aromatic carbocycles. The zero-order valence-corrected chi connectivity index (χ0v) is 9.02. The zero-order chi connectivity index (χ0) is 9.14. The molecule has 5 heteroatoms. The van der Waals surface area contributed by atoms with Gasteiger partial charge in [0.25, 0.3) is 0 Å². The Balaban J connectivity index is 3.31. The molecule has 1 aromatic rings. The number of halogens is 3. The summed E-state index contributed by atoms with van der Waals surface area (Å²) >= 11 is 5.11. The summed E-state index contributed by atoms with van der Waals surface area (Å²) in [5, 5.41) is 8.44. The van der Waals surface area contributed by atoms with Crippen LogP contribution in [0.3, 0.4) is 0 Å². The van der Waals surface area contributed by atoms with E-state index >= 15 is 0 Å². The van der Waals surface area contributed by atoms with E-state index in [1.807, 2.05) is 11.0 Å². The van der Waals surface area contributed by atoms with Crippen molar-refractivity contribution in [1.82, 2.24) is 4.98 Å². The van der Waals surface area contributed by atoms with Crippen LogP contribution in [0.2, 0.25) is 5.15 Å². The normalized spacial score (nSPS) is 9.83. The van der Waals surface area contributed by atoms with Crippen LogP contribution in [0, 0.1) is 20.8 Å². The quantitative estimate of drug-likeness (QED) is 0.364. The van der Waals surface area contributed by atoms with Crippen LogP contribution < -0.4 is 21.2 Å². The van der Waals surface area contributed by atoms with Gasteiger partial charge < -0.3 is 0 Å². The Morgan fingerprint density at radius 2 is 2.42 bits per heavy atom. The molecule has 1 aromatic heterocycles. The van der Waals surface area contributed by atoms with Crippen LogP contribution in [0.1, 0.15) is 5.56 Å². The number of rotatable bonds is 1. The van der Waals surface area contributed by atoms with E-state index in [1.165, 1.54) is 0 Å². The number of nitrogens with zero attached hydrogens (tertiary/aromatic N) is 2. The van der Waals surface area contributed by atoms with Gasteiger partial charge >= 0.3 is 84.7 Å². The molecule has 12 heavy (non-hydrogen) atoms. The van der Waals surface area contributed by atoms with E-state index in [2.05, 4.69) is 4.98 Å². The van der Waals surface area contributed by atoms with Crippen LogP contribution >= 0.6 is 11.6 Å². The van der Waals surface area contributed by atoms with Crippen molar-refractivity contribution < 1.29 is 25.6 Å². The van der Waals surface area contributed by atoms with E-state index < -0.39 is 5.82 Å². The van der Waals surface area contributed by atoms with E-state index in [4.69, 9.17) is 16.9 Å². The molecule has 0 amide bonds. The van der Waals surface area contributed by atoms with Crippen LogP contribution in [0.25, 0.3) is 0 Å². The molecule has 0 atom stereocenters. The van der Waals surface area contributed by atoms with Gasteiger partial charge in [-0.25, -0.2) is 0 Å². The third-order valence-electron chi connectivity index (χ3n) is 1.19. The Kier molecular flexibility index (Phi) is 3.23. The molecule has 0 saturated heterocycles. The summed E-state index contributed by atoms with van der Waals surface area (Å²) in [7, 11) is 0. The van der Waals surface area contributed by atoms with Crippen LogP contribution in [0.4, 0.5) is 4.39 Å². The van der Waals surface area contributed by atoms with E-state index in [9.17, 15) is 4.39 Å². The summed E-state index contributed by atoms with van der Waals surface area (Å²) in [6.45, 7) is 0. The van der Waals surface area contributed by atoms with Crippen LogP contribution in [0.15, 0.2) is 6.07 Å². The number of hydrogen-bond donors (Lipinski definition) is 0. The van der Waals surface area contributed by atoms with Gasteiger partial charge in [-0.2, -0.15) is 0 Å². The molecule has 0 spiro atoms. The standard InChI is InChI=1S/C7H4ClFIN2/c1-10-7-4(3-11)2-5(9)6(8)12-7/h2H,1H3/q-1. The predicted molar refractivity (Wildman–Crippen MR) is 38.5 cm³/mol. The average Bonchev–Trinajstić information content (AvgIpc) is 2.09. The van der Waals surface area contributed by atoms with Crippen molar-refractivity contribution in [1.29, 1.82) is 5.26 Å². The maximum absolute atomic E-state index is 12.7. The molecule has 64 valence electrons. The van der Waals surface area contributed by atoms with Gasteiger partial charge in [-0.1, -0.05) is 0 Å². The van der Waals surface area contributed by atoms with E-state index in [1.54, 1.807) is 0 Å². The predicted octanol–water partition coefficient (Wildman–Crippen LogP) is -1.37. The van der Waals surface area contributed by atoms with Crippen molar-refractivity contribution in [2.24, 2.45) is 0 Å². The molecule has 0 aliphatic carbocycles. The summed E-state index contributed by atoms with van der Waals surface area (Å²) in [4.78, 5) is 5.72. The Bertz CT molecular complexity index is 348. The van der Waals surface area contributed by atoms with Crippen LogP contribution in [0.5, 0.6) is 0 Å². The Labute approximate surface area is 84.6 Å².